The Labute approximate surface area is 85.4 Å². The van der Waals surface area contributed by atoms with Crippen LogP contribution in [0.3, 0.4) is 0 Å². The number of nitrogens with one attached hydrogen (secondary N) is 1. The average molecular weight is 191 g/mol. The standard InChI is InChI=1S/C12H17NO/c1-3-8-13-12(14)11-7-5-4-6-10(2)9-11/h4-7,9-10H,3,8H2,1-2H3,(H,13,14). The summed E-state index contributed by atoms with van der Waals surface area (Å²) in [4.78, 5) is 11.6. The molecule has 2 nitrogen and oxygen atoms in total. The molecule has 0 saturated heterocycles. The van der Waals surface area contributed by atoms with Crippen LogP contribution in [0.5, 0.6) is 0 Å². The van der Waals surface area contributed by atoms with Crippen molar-refractivity contribution in [2.45, 2.75) is 20.3 Å². The first-order valence-electron chi connectivity index (χ1n) is 5.09. The number of carbonyl (C=O) groups is 1. The summed E-state index contributed by atoms with van der Waals surface area (Å²) in [5, 5.41) is 2.86. The van der Waals surface area contributed by atoms with E-state index >= 15 is 0 Å². The van der Waals surface area contributed by atoms with Crippen molar-refractivity contribution in [3.8, 4) is 0 Å². The third-order valence-electron chi connectivity index (χ3n) is 2.04. The zero-order valence-corrected chi connectivity index (χ0v) is 8.79. The van der Waals surface area contributed by atoms with E-state index in [1.807, 2.05) is 31.2 Å². The minimum Gasteiger partial charge on any atom is -0.352 e. The van der Waals surface area contributed by atoms with Gasteiger partial charge in [-0.3, -0.25) is 4.79 Å². The van der Waals surface area contributed by atoms with E-state index in [0.717, 1.165) is 18.5 Å². The van der Waals surface area contributed by atoms with Crippen LogP contribution in [-0.4, -0.2) is 12.5 Å². The number of hydrogen-bond acceptors (Lipinski definition) is 1. The summed E-state index contributed by atoms with van der Waals surface area (Å²) in [6.45, 7) is 4.85. The molecule has 0 saturated carbocycles. The van der Waals surface area contributed by atoms with Gasteiger partial charge in [0.25, 0.3) is 5.91 Å². The molecule has 1 aliphatic rings. The second kappa shape index (κ2) is 5.43. The van der Waals surface area contributed by atoms with Crippen molar-refractivity contribution in [3.05, 3.63) is 36.0 Å². The summed E-state index contributed by atoms with van der Waals surface area (Å²) in [5.74, 6) is 0.353. The van der Waals surface area contributed by atoms with E-state index in [1.54, 1.807) is 0 Å². The topological polar surface area (TPSA) is 29.1 Å². The van der Waals surface area contributed by atoms with Crippen molar-refractivity contribution in [2.75, 3.05) is 6.54 Å². The van der Waals surface area contributed by atoms with Gasteiger partial charge in [-0.2, -0.15) is 0 Å². The van der Waals surface area contributed by atoms with E-state index in [9.17, 15) is 4.79 Å². The molecule has 0 heterocycles. The molecular formula is C12H17NO. The van der Waals surface area contributed by atoms with E-state index in [4.69, 9.17) is 0 Å². The zero-order chi connectivity index (χ0) is 10.4. The molecule has 76 valence electrons. The van der Waals surface area contributed by atoms with Gasteiger partial charge in [-0.15, -0.1) is 0 Å². The van der Waals surface area contributed by atoms with Crippen molar-refractivity contribution < 1.29 is 4.79 Å². The van der Waals surface area contributed by atoms with Crippen LogP contribution < -0.4 is 5.32 Å². The molecule has 1 unspecified atom stereocenters. The van der Waals surface area contributed by atoms with Crippen molar-refractivity contribution in [2.24, 2.45) is 5.92 Å². The van der Waals surface area contributed by atoms with Gasteiger partial charge >= 0.3 is 0 Å². The quantitative estimate of drug-likeness (QED) is 0.728. The second-order valence-corrected chi connectivity index (χ2v) is 3.48. The van der Waals surface area contributed by atoms with Crippen LogP contribution in [0.4, 0.5) is 0 Å². The second-order valence-electron chi connectivity index (χ2n) is 3.48. The molecule has 0 spiro atoms. The lowest BCUT2D eigenvalue weighted by atomic mass is 10.1. The number of carbonyl (C=O) groups excluding carboxylic acids is 1. The lowest BCUT2D eigenvalue weighted by molar-refractivity contribution is -0.117. The van der Waals surface area contributed by atoms with E-state index in [0.29, 0.717) is 5.92 Å². The molecule has 0 aromatic carbocycles. The van der Waals surface area contributed by atoms with Gasteiger partial charge in [0.1, 0.15) is 0 Å². The van der Waals surface area contributed by atoms with Crippen LogP contribution in [0, 0.1) is 5.92 Å². The van der Waals surface area contributed by atoms with Crippen LogP contribution >= 0.6 is 0 Å². The Morgan fingerprint density at radius 3 is 3.00 bits per heavy atom. The van der Waals surface area contributed by atoms with E-state index in [2.05, 4.69) is 18.3 Å². The highest BCUT2D eigenvalue weighted by Gasteiger charge is 2.07. The Kier molecular flexibility index (Phi) is 4.17. The Morgan fingerprint density at radius 1 is 1.50 bits per heavy atom. The van der Waals surface area contributed by atoms with Crippen LogP contribution in [0.1, 0.15) is 20.3 Å². The third-order valence-corrected chi connectivity index (χ3v) is 2.04. The largest absolute Gasteiger partial charge is 0.352 e. The Bertz CT molecular complexity index is 287. The summed E-state index contributed by atoms with van der Waals surface area (Å²) in [6, 6.07) is 0. The third kappa shape index (κ3) is 3.21. The average Bonchev–Trinajstić information content (AvgIpc) is 2.39. The van der Waals surface area contributed by atoms with Gasteiger partial charge < -0.3 is 5.32 Å². The zero-order valence-electron chi connectivity index (χ0n) is 8.79. The molecule has 14 heavy (non-hydrogen) atoms. The first-order valence-corrected chi connectivity index (χ1v) is 5.09. The van der Waals surface area contributed by atoms with Crippen LogP contribution in [0.2, 0.25) is 0 Å². The van der Waals surface area contributed by atoms with Gasteiger partial charge in [0.2, 0.25) is 0 Å². The van der Waals surface area contributed by atoms with E-state index in [1.165, 1.54) is 0 Å². The van der Waals surface area contributed by atoms with Gasteiger partial charge in [-0.05, 0) is 18.4 Å². The monoisotopic (exact) mass is 191 g/mol. The van der Waals surface area contributed by atoms with Gasteiger partial charge in [0.15, 0.2) is 0 Å². The smallest absolute Gasteiger partial charge is 0.250 e. The highest BCUT2D eigenvalue weighted by Crippen LogP contribution is 2.10. The Hall–Kier alpha value is -1.31. The lowest BCUT2D eigenvalue weighted by Gasteiger charge is -2.04. The molecule has 0 aromatic heterocycles. The molecule has 1 aliphatic carbocycles. The summed E-state index contributed by atoms with van der Waals surface area (Å²) >= 11 is 0. The maximum atomic E-state index is 11.6. The highest BCUT2D eigenvalue weighted by molar-refractivity contribution is 5.96. The van der Waals surface area contributed by atoms with Crippen LogP contribution in [-0.2, 0) is 4.79 Å². The molecule has 1 atom stereocenters. The van der Waals surface area contributed by atoms with Gasteiger partial charge in [-0.1, -0.05) is 38.2 Å². The normalized spacial score (nSPS) is 20.1. The van der Waals surface area contributed by atoms with E-state index in [-0.39, 0.29) is 5.91 Å². The molecule has 0 radical (unpaired) electrons. The molecule has 2 heteroatoms. The van der Waals surface area contributed by atoms with Crippen LogP contribution in [0.25, 0.3) is 0 Å². The van der Waals surface area contributed by atoms with Gasteiger partial charge in [0.05, 0.1) is 0 Å². The van der Waals surface area contributed by atoms with Crippen molar-refractivity contribution in [1.82, 2.24) is 5.32 Å². The predicted octanol–water partition coefficient (Wildman–Crippen LogP) is 2.20. The van der Waals surface area contributed by atoms with E-state index < -0.39 is 0 Å². The Morgan fingerprint density at radius 2 is 2.29 bits per heavy atom. The van der Waals surface area contributed by atoms with Crippen LogP contribution in [0.15, 0.2) is 36.0 Å². The van der Waals surface area contributed by atoms with Crippen molar-refractivity contribution in [1.29, 1.82) is 0 Å². The SMILES string of the molecule is CCCNC(=O)C1=CC(C)C=CC=C1. The van der Waals surface area contributed by atoms with Crippen molar-refractivity contribution in [3.63, 3.8) is 0 Å². The number of rotatable bonds is 3. The lowest BCUT2D eigenvalue weighted by Crippen LogP contribution is -2.25. The number of hydrogen-bond donors (Lipinski definition) is 1. The molecule has 0 aliphatic heterocycles. The molecule has 1 amide bonds. The molecule has 0 bridgehead atoms. The summed E-state index contributed by atoms with van der Waals surface area (Å²) in [5.41, 5.74) is 0.760. The molecule has 0 fully saturated rings. The highest BCUT2D eigenvalue weighted by atomic mass is 16.1. The minimum atomic E-state index is 0.0265. The van der Waals surface area contributed by atoms with Crippen molar-refractivity contribution >= 4 is 5.91 Å². The fourth-order valence-corrected chi connectivity index (χ4v) is 1.28. The molecule has 0 aromatic rings. The maximum absolute atomic E-state index is 11.6. The number of allylic oxidation sites excluding steroid dienone is 4. The minimum absolute atomic E-state index is 0.0265. The first kappa shape index (κ1) is 10.8. The number of amides is 1. The summed E-state index contributed by atoms with van der Waals surface area (Å²) < 4.78 is 0. The maximum Gasteiger partial charge on any atom is 0.250 e. The van der Waals surface area contributed by atoms with Gasteiger partial charge in [0, 0.05) is 12.1 Å². The fraction of sp³-hybridized carbons (Fsp3) is 0.417. The van der Waals surface area contributed by atoms with Gasteiger partial charge in [-0.25, -0.2) is 0 Å². The molecule has 1 N–H and O–H groups in total. The Balaban J connectivity index is 2.62. The fourth-order valence-electron chi connectivity index (χ4n) is 1.28. The molecule has 1 rings (SSSR count). The summed E-state index contributed by atoms with van der Waals surface area (Å²) in [7, 11) is 0. The summed E-state index contributed by atoms with van der Waals surface area (Å²) in [6.07, 6.45) is 10.7. The first-order chi connectivity index (χ1) is 6.74. The predicted molar refractivity (Wildman–Crippen MR) is 58.8 cm³/mol. The molecular weight excluding hydrogens is 174 g/mol.